The van der Waals surface area contributed by atoms with E-state index in [4.69, 9.17) is 5.73 Å². The third kappa shape index (κ3) is 1.50. The molecule has 2 fully saturated rings. The predicted octanol–water partition coefficient (Wildman–Crippen LogP) is 1.27. The van der Waals surface area contributed by atoms with E-state index in [1.54, 1.807) is 0 Å². The molecule has 0 aromatic carbocycles. The first-order valence-corrected chi connectivity index (χ1v) is 5.21. The van der Waals surface area contributed by atoms with E-state index in [-0.39, 0.29) is 12.1 Å². The van der Waals surface area contributed by atoms with Crippen LogP contribution in [0.25, 0.3) is 0 Å². The summed E-state index contributed by atoms with van der Waals surface area (Å²) >= 11 is 0. The monoisotopic (exact) mass is 169 g/mol. The van der Waals surface area contributed by atoms with Crippen molar-refractivity contribution in [3.63, 3.8) is 0 Å². The van der Waals surface area contributed by atoms with Crippen molar-refractivity contribution in [2.24, 2.45) is 17.6 Å². The molecule has 0 aromatic rings. The molecule has 2 aliphatic carbocycles. The summed E-state index contributed by atoms with van der Waals surface area (Å²) in [5, 5.41) is 9.50. The van der Waals surface area contributed by atoms with Crippen LogP contribution in [-0.2, 0) is 0 Å². The first-order chi connectivity index (χ1) is 5.77. The topological polar surface area (TPSA) is 46.2 Å². The minimum atomic E-state index is -0.212. The Hall–Kier alpha value is -0.0800. The molecule has 3 N–H and O–H groups in total. The van der Waals surface area contributed by atoms with Gasteiger partial charge in [0.1, 0.15) is 0 Å². The van der Waals surface area contributed by atoms with Gasteiger partial charge in [0, 0.05) is 6.04 Å². The van der Waals surface area contributed by atoms with E-state index in [1.807, 2.05) is 0 Å². The third-order valence-electron chi connectivity index (χ3n) is 3.68. The Bertz CT molecular complexity index is 144. The van der Waals surface area contributed by atoms with Crippen molar-refractivity contribution in [1.82, 2.24) is 0 Å². The fourth-order valence-corrected chi connectivity index (χ4v) is 2.90. The van der Waals surface area contributed by atoms with Crippen molar-refractivity contribution in [2.45, 2.75) is 50.7 Å². The zero-order valence-corrected chi connectivity index (χ0v) is 7.58. The first-order valence-electron chi connectivity index (χ1n) is 5.21. The molecule has 0 spiro atoms. The van der Waals surface area contributed by atoms with Crippen molar-refractivity contribution < 1.29 is 5.11 Å². The van der Waals surface area contributed by atoms with Crippen molar-refractivity contribution in [3.8, 4) is 0 Å². The molecular formula is C10H19NO. The van der Waals surface area contributed by atoms with Gasteiger partial charge < -0.3 is 10.8 Å². The summed E-state index contributed by atoms with van der Waals surface area (Å²) in [5.41, 5.74) is 5.79. The Labute approximate surface area is 74.1 Å². The van der Waals surface area contributed by atoms with Crippen LogP contribution in [0.4, 0.5) is 0 Å². The lowest BCUT2D eigenvalue weighted by atomic mass is 9.89. The van der Waals surface area contributed by atoms with Gasteiger partial charge in [-0.3, -0.25) is 0 Å². The fraction of sp³-hybridized carbons (Fsp3) is 1.00. The molecule has 2 nitrogen and oxygen atoms in total. The molecule has 1 unspecified atom stereocenters. The summed E-state index contributed by atoms with van der Waals surface area (Å²) in [6, 6.07) is 0.0654. The van der Waals surface area contributed by atoms with Crippen molar-refractivity contribution in [3.05, 3.63) is 0 Å². The standard InChI is InChI=1S/C10H19NO/c11-9-5-8(6-10(9)12)7-3-1-2-4-7/h7-10,12H,1-6,11H2/t8?,9-,10+/m0/s1. The van der Waals surface area contributed by atoms with Gasteiger partial charge in [-0.1, -0.05) is 25.7 Å². The molecule has 0 radical (unpaired) electrons. The number of aliphatic hydroxyl groups excluding tert-OH is 1. The third-order valence-corrected chi connectivity index (χ3v) is 3.68. The minimum absolute atomic E-state index is 0.0654. The van der Waals surface area contributed by atoms with Crippen LogP contribution in [0.3, 0.4) is 0 Å². The summed E-state index contributed by atoms with van der Waals surface area (Å²) < 4.78 is 0. The molecule has 3 atom stereocenters. The van der Waals surface area contributed by atoms with Gasteiger partial charge in [-0.15, -0.1) is 0 Å². The summed E-state index contributed by atoms with van der Waals surface area (Å²) in [6.07, 6.45) is 7.36. The van der Waals surface area contributed by atoms with Crippen molar-refractivity contribution in [2.75, 3.05) is 0 Å². The molecule has 0 amide bonds. The maximum atomic E-state index is 9.50. The normalized spacial score (nSPS) is 44.0. The van der Waals surface area contributed by atoms with E-state index in [0.29, 0.717) is 0 Å². The predicted molar refractivity (Wildman–Crippen MR) is 48.7 cm³/mol. The van der Waals surface area contributed by atoms with Gasteiger partial charge in [0.2, 0.25) is 0 Å². The molecule has 2 aliphatic rings. The van der Waals surface area contributed by atoms with Crippen LogP contribution in [-0.4, -0.2) is 17.3 Å². The Balaban J connectivity index is 1.89. The second kappa shape index (κ2) is 3.35. The quantitative estimate of drug-likeness (QED) is 0.621. The molecule has 2 saturated carbocycles. The summed E-state index contributed by atoms with van der Waals surface area (Å²) in [6.45, 7) is 0. The highest BCUT2D eigenvalue weighted by molar-refractivity contribution is 4.90. The van der Waals surface area contributed by atoms with Crippen LogP contribution in [0.1, 0.15) is 38.5 Å². The van der Waals surface area contributed by atoms with E-state index >= 15 is 0 Å². The average molecular weight is 169 g/mol. The first kappa shape index (κ1) is 8.52. The lowest BCUT2D eigenvalue weighted by Gasteiger charge is -2.16. The Morgan fingerprint density at radius 3 is 2.17 bits per heavy atom. The van der Waals surface area contributed by atoms with Crippen LogP contribution < -0.4 is 5.73 Å². The summed E-state index contributed by atoms with van der Waals surface area (Å²) in [4.78, 5) is 0. The van der Waals surface area contributed by atoms with E-state index in [0.717, 1.165) is 24.7 Å². The van der Waals surface area contributed by atoms with Crippen LogP contribution in [0.15, 0.2) is 0 Å². The number of hydrogen-bond acceptors (Lipinski definition) is 2. The number of aliphatic hydroxyl groups is 1. The van der Waals surface area contributed by atoms with E-state index in [9.17, 15) is 5.11 Å². The van der Waals surface area contributed by atoms with Crippen molar-refractivity contribution in [1.29, 1.82) is 0 Å². The maximum absolute atomic E-state index is 9.50. The number of hydrogen-bond donors (Lipinski definition) is 2. The molecule has 2 heteroatoms. The van der Waals surface area contributed by atoms with Gasteiger partial charge in [-0.25, -0.2) is 0 Å². The summed E-state index contributed by atoms with van der Waals surface area (Å²) in [5.74, 6) is 1.62. The number of rotatable bonds is 1. The second-order valence-corrected chi connectivity index (χ2v) is 4.51. The van der Waals surface area contributed by atoms with Crippen LogP contribution in [0.2, 0.25) is 0 Å². The maximum Gasteiger partial charge on any atom is 0.0693 e. The highest BCUT2D eigenvalue weighted by Crippen LogP contribution is 2.39. The average Bonchev–Trinajstić information content (AvgIpc) is 2.61. The zero-order valence-electron chi connectivity index (χ0n) is 7.58. The molecule has 0 aliphatic heterocycles. The van der Waals surface area contributed by atoms with Crippen LogP contribution in [0, 0.1) is 11.8 Å². The Morgan fingerprint density at radius 2 is 1.67 bits per heavy atom. The molecule has 12 heavy (non-hydrogen) atoms. The smallest absolute Gasteiger partial charge is 0.0693 e. The van der Waals surface area contributed by atoms with E-state index in [2.05, 4.69) is 0 Å². The van der Waals surface area contributed by atoms with Gasteiger partial charge in [0.25, 0.3) is 0 Å². The van der Waals surface area contributed by atoms with Gasteiger partial charge in [0.15, 0.2) is 0 Å². The molecule has 0 bridgehead atoms. The minimum Gasteiger partial charge on any atom is -0.392 e. The van der Waals surface area contributed by atoms with Gasteiger partial charge >= 0.3 is 0 Å². The molecule has 70 valence electrons. The molecule has 2 rings (SSSR count). The molecule has 0 heterocycles. The van der Waals surface area contributed by atoms with Crippen molar-refractivity contribution >= 4 is 0 Å². The lowest BCUT2D eigenvalue weighted by molar-refractivity contribution is 0.157. The highest BCUT2D eigenvalue weighted by atomic mass is 16.3. The summed E-state index contributed by atoms with van der Waals surface area (Å²) in [7, 11) is 0. The zero-order chi connectivity index (χ0) is 8.55. The number of nitrogens with two attached hydrogens (primary N) is 1. The Morgan fingerprint density at radius 1 is 1.00 bits per heavy atom. The van der Waals surface area contributed by atoms with E-state index < -0.39 is 0 Å². The second-order valence-electron chi connectivity index (χ2n) is 4.51. The largest absolute Gasteiger partial charge is 0.392 e. The van der Waals surface area contributed by atoms with Crippen LogP contribution in [0.5, 0.6) is 0 Å². The Kier molecular flexibility index (Phi) is 2.37. The molecule has 0 aromatic heterocycles. The van der Waals surface area contributed by atoms with Gasteiger partial charge in [-0.05, 0) is 24.7 Å². The van der Waals surface area contributed by atoms with Gasteiger partial charge in [-0.2, -0.15) is 0 Å². The van der Waals surface area contributed by atoms with E-state index in [1.165, 1.54) is 25.7 Å². The SMILES string of the molecule is N[C@H]1CC(C2CCCC2)C[C@H]1O. The molecule has 0 saturated heterocycles. The fourth-order valence-electron chi connectivity index (χ4n) is 2.90. The van der Waals surface area contributed by atoms with Crippen LogP contribution >= 0.6 is 0 Å². The van der Waals surface area contributed by atoms with Gasteiger partial charge in [0.05, 0.1) is 6.10 Å². The lowest BCUT2D eigenvalue weighted by Crippen LogP contribution is -2.28. The molecular weight excluding hydrogens is 150 g/mol. The highest BCUT2D eigenvalue weighted by Gasteiger charge is 2.35.